The van der Waals surface area contributed by atoms with Gasteiger partial charge in [0, 0.05) is 41.0 Å². The van der Waals surface area contributed by atoms with Crippen LogP contribution < -0.4 is 4.90 Å². The Kier molecular flexibility index (Phi) is 6.00. The molecule has 178 valence electrons. The Hall–Kier alpha value is -4.11. The molecule has 5 aromatic rings. The van der Waals surface area contributed by atoms with E-state index < -0.39 is 17.2 Å². The number of nitrogens with zero attached hydrogens (tertiary/aromatic N) is 4. The number of aromatic amines is 1. The fourth-order valence-electron chi connectivity index (χ4n) is 4.36. The zero-order chi connectivity index (χ0) is 24.4. The molecule has 1 atom stereocenters. The standard InChI is InChI=1S/C26H22F3N5O/c27-19-7-9-23(24(29)10-19)26(35,15-34-17-30-16-32-34)14-33(21-4-2-1-3-5-21)13-18-12-31-25-11-20(28)6-8-22(18)25/h1-12,16-17,31,35H,13-15H2. The topological polar surface area (TPSA) is 70.0 Å². The van der Waals surface area contributed by atoms with Crippen molar-refractivity contribution in [3.63, 3.8) is 0 Å². The quantitative estimate of drug-likeness (QED) is 0.338. The van der Waals surface area contributed by atoms with Crippen LogP contribution in [0.2, 0.25) is 0 Å². The zero-order valence-electron chi connectivity index (χ0n) is 18.6. The van der Waals surface area contributed by atoms with Gasteiger partial charge in [-0.15, -0.1) is 0 Å². The van der Waals surface area contributed by atoms with E-state index in [9.17, 15) is 18.3 Å². The van der Waals surface area contributed by atoms with Crippen molar-refractivity contribution < 1.29 is 18.3 Å². The summed E-state index contributed by atoms with van der Waals surface area (Å²) in [6.45, 7) is 0.170. The molecule has 0 aliphatic carbocycles. The van der Waals surface area contributed by atoms with Crippen LogP contribution in [0.4, 0.5) is 18.9 Å². The molecule has 0 aliphatic heterocycles. The SMILES string of the molecule is OC(CN(Cc1c[nH]c2cc(F)ccc12)c1ccccc1)(Cn1cncn1)c1ccc(F)cc1F. The summed E-state index contributed by atoms with van der Waals surface area (Å²) in [5.74, 6) is -1.94. The molecule has 2 N–H and O–H groups in total. The highest BCUT2D eigenvalue weighted by Gasteiger charge is 2.36. The highest BCUT2D eigenvalue weighted by atomic mass is 19.1. The average molecular weight is 477 g/mol. The monoisotopic (exact) mass is 477 g/mol. The molecule has 2 aromatic heterocycles. The maximum atomic E-state index is 14.9. The third-order valence-electron chi connectivity index (χ3n) is 5.99. The second-order valence-corrected chi connectivity index (χ2v) is 8.44. The lowest BCUT2D eigenvalue weighted by Crippen LogP contribution is -2.44. The van der Waals surface area contributed by atoms with E-state index in [4.69, 9.17) is 0 Å². The highest BCUT2D eigenvalue weighted by Crippen LogP contribution is 2.31. The first-order valence-corrected chi connectivity index (χ1v) is 11.0. The van der Waals surface area contributed by atoms with Crippen LogP contribution in [0.15, 0.2) is 85.6 Å². The van der Waals surface area contributed by atoms with Gasteiger partial charge in [0.05, 0.1) is 13.1 Å². The van der Waals surface area contributed by atoms with E-state index in [2.05, 4.69) is 15.1 Å². The van der Waals surface area contributed by atoms with Gasteiger partial charge in [0.2, 0.25) is 0 Å². The second kappa shape index (κ2) is 9.27. The van der Waals surface area contributed by atoms with Crippen molar-refractivity contribution in [2.75, 3.05) is 11.4 Å². The van der Waals surface area contributed by atoms with E-state index in [1.165, 1.54) is 35.5 Å². The minimum absolute atomic E-state index is 0.0483. The number of benzene rings is 3. The average Bonchev–Trinajstić information content (AvgIpc) is 3.48. The summed E-state index contributed by atoms with van der Waals surface area (Å²) in [5, 5.41) is 16.8. The first-order chi connectivity index (χ1) is 16.9. The molecule has 5 rings (SSSR count). The maximum Gasteiger partial charge on any atom is 0.137 e. The Bertz CT molecular complexity index is 1440. The fourth-order valence-corrected chi connectivity index (χ4v) is 4.36. The lowest BCUT2D eigenvalue weighted by Gasteiger charge is -2.36. The van der Waals surface area contributed by atoms with E-state index in [0.717, 1.165) is 28.8 Å². The summed E-state index contributed by atoms with van der Waals surface area (Å²) in [7, 11) is 0. The predicted molar refractivity (Wildman–Crippen MR) is 126 cm³/mol. The van der Waals surface area contributed by atoms with Gasteiger partial charge < -0.3 is 15.0 Å². The summed E-state index contributed by atoms with van der Waals surface area (Å²) >= 11 is 0. The molecular weight excluding hydrogens is 455 g/mol. The van der Waals surface area contributed by atoms with Crippen molar-refractivity contribution in [3.05, 3.63) is 114 Å². The minimum atomic E-state index is -1.79. The van der Waals surface area contributed by atoms with Crippen molar-refractivity contribution in [1.82, 2.24) is 19.7 Å². The Balaban J connectivity index is 1.57. The number of aromatic nitrogens is 4. The number of rotatable bonds is 8. The molecule has 0 saturated heterocycles. The lowest BCUT2D eigenvalue weighted by atomic mass is 9.91. The van der Waals surface area contributed by atoms with Gasteiger partial charge in [-0.05, 0) is 42.0 Å². The molecular formula is C26H22F3N5O. The third kappa shape index (κ3) is 4.76. The number of nitrogens with one attached hydrogen (secondary N) is 1. The molecule has 0 aliphatic rings. The fraction of sp³-hybridized carbons (Fsp3) is 0.154. The number of hydrogen-bond acceptors (Lipinski definition) is 4. The first-order valence-electron chi connectivity index (χ1n) is 11.0. The Morgan fingerprint density at radius 2 is 1.74 bits per heavy atom. The van der Waals surface area contributed by atoms with Gasteiger partial charge in [0.1, 0.15) is 35.7 Å². The van der Waals surface area contributed by atoms with Crippen LogP contribution in [-0.4, -0.2) is 31.4 Å². The summed E-state index contributed by atoms with van der Waals surface area (Å²) < 4.78 is 43.7. The first kappa shape index (κ1) is 22.7. The van der Waals surface area contributed by atoms with Crippen molar-refractivity contribution in [3.8, 4) is 0 Å². The van der Waals surface area contributed by atoms with E-state index in [0.29, 0.717) is 12.1 Å². The van der Waals surface area contributed by atoms with Crippen molar-refractivity contribution in [1.29, 1.82) is 0 Å². The van der Waals surface area contributed by atoms with Gasteiger partial charge in [0.25, 0.3) is 0 Å². The Labute approximate surface area is 199 Å². The van der Waals surface area contributed by atoms with Crippen LogP contribution >= 0.6 is 0 Å². The van der Waals surface area contributed by atoms with Crippen molar-refractivity contribution >= 4 is 16.6 Å². The van der Waals surface area contributed by atoms with Crippen molar-refractivity contribution in [2.45, 2.75) is 18.7 Å². The molecule has 3 aromatic carbocycles. The predicted octanol–water partition coefficient (Wildman–Crippen LogP) is 4.77. The molecule has 2 heterocycles. The molecule has 6 nitrogen and oxygen atoms in total. The van der Waals surface area contributed by atoms with Gasteiger partial charge in [0.15, 0.2) is 0 Å². The third-order valence-corrected chi connectivity index (χ3v) is 5.99. The Morgan fingerprint density at radius 3 is 2.49 bits per heavy atom. The largest absolute Gasteiger partial charge is 0.381 e. The highest BCUT2D eigenvalue weighted by molar-refractivity contribution is 5.83. The number of fused-ring (bicyclic) bond motifs is 1. The smallest absolute Gasteiger partial charge is 0.137 e. The van der Waals surface area contributed by atoms with Gasteiger partial charge in [-0.3, -0.25) is 0 Å². The van der Waals surface area contributed by atoms with Gasteiger partial charge in [-0.2, -0.15) is 5.10 Å². The van der Waals surface area contributed by atoms with Crippen LogP contribution in [0.25, 0.3) is 10.9 Å². The van der Waals surface area contributed by atoms with Crippen molar-refractivity contribution in [2.24, 2.45) is 0 Å². The lowest BCUT2D eigenvalue weighted by molar-refractivity contribution is 0.0182. The molecule has 1 unspecified atom stereocenters. The number of anilines is 1. The Morgan fingerprint density at radius 1 is 0.971 bits per heavy atom. The molecule has 9 heteroatoms. The molecule has 0 bridgehead atoms. The zero-order valence-corrected chi connectivity index (χ0v) is 18.6. The summed E-state index contributed by atoms with van der Waals surface area (Å²) in [4.78, 5) is 8.89. The van der Waals surface area contributed by atoms with Gasteiger partial charge in [-0.25, -0.2) is 22.8 Å². The summed E-state index contributed by atoms with van der Waals surface area (Å²) in [6.07, 6.45) is 4.53. The van der Waals surface area contributed by atoms with E-state index in [1.807, 2.05) is 35.2 Å². The van der Waals surface area contributed by atoms with Crippen LogP contribution in [0, 0.1) is 17.5 Å². The summed E-state index contributed by atoms with van der Waals surface area (Å²) in [5.41, 5.74) is 0.446. The number of aliphatic hydroxyl groups is 1. The molecule has 35 heavy (non-hydrogen) atoms. The normalized spacial score (nSPS) is 13.1. The van der Waals surface area contributed by atoms with Crippen LogP contribution in [0.5, 0.6) is 0 Å². The number of H-pyrrole nitrogens is 1. The van der Waals surface area contributed by atoms with E-state index >= 15 is 0 Å². The molecule has 0 saturated carbocycles. The summed E-state index contributed by atoms with van der Waals surface area (Å²) in [6, 6.07) is 17.0. The number of hydrogen-bond donors (Lipinski definition) is 2. The molecule has 0 fully saturated rings. The number of para-hydroxylation sites is 1. The second-order valence-electron chi connectivity index (χ2n) is 8.44. The maximum absolute atomic E-state index is 14.9. The van der Waals surface area contributed by atoms with E-state index in [1.54, 1.807) is 12.3 Å². The van der Waals surface area contributed by atoms with Crippen LogP contribution in [0.1, 0.15) is 11.1 Å². The van der Waals surface area contributed by atoms with Gasteiger partial charge >= 0.3 is 0 Å². The number of halogens is 3. The molecule has 0 radical (unpaired) electrons. The van der Waals surface area contributed by atoms with Gasteiger partial charge in [-0.1, -0.05) is 24.3 Å². The molecule has 0 amide bonds. The van der Waals surface area contributed by atoms with E-state index in [-0.39, 0.29) is 24.5 Å². The van der Waals surface area contributed by atoms with Crippen LogP contribution in [-0.2, 0) is 18.7 Å². The molecule has 0 spiro atoms. The van der Waals surface area contributed by atoms with Crippen LogP contribution in [0.3, 0.4) is 0 Å². The minimum Gasteiger partial charge on any atom is -0.381 e.